The minimum absolute atomic E-state index is 0.106. The van der Waals surface area contributed by atoms with Crippen molar-refractivity contribution in [1.29, 1.82) is 0 Å². The fraction of sp³-hybridized carbons (Fsp3) is 0. The summed E-state index contributed by atoms with van der Waals surface area (Å²) < 4.78 is 12.8. The molecule has 0 atom stereocenters. The SMILES string of the molecule is O=C(O)/C(=C/c1ccc(F)cc1)c1cccc(Cl)c1. The predicted octanol–water partition coefficient (Wildman–Crippen LogP) is 4.10. The van der Waals surface area contributed by atoms with Crippen LogP contribution in [0.5, 0.6) is 0 Å². The lowest BCUT2D eigenvalue weighted by Crippen LogP contribution is -1.99. The van der Waals surface area contributed by atoms with E-state index in [9.17, 15) is 14.3 Å². The molecule has 0 unspecified atom stereocenters. The quantitative estimate of drug-likeness (QED) is 0.677. The van der Waals surface area contributed by atoms with Gasteiger partial charge in [-0.2, -0.15) is 0 Å². The average Bonchev–Trinajstić information content (AvgIpc) is 2.37. The van der Waals surface area contributed by atoms with E-state index >= 15 is 0 Å². The molecule has 4 heteroatoms. The van der Waals surface area contributed by atoms with Crippen molar-refractivity contribution in [1.82, 2.24) is 0 Å². The van der Waals surface area contributed by atoms with Crippen molar-refractivity contribution >= 4 is 29.2 Å². The summed E-state index contributed by atoms with van der Waals surface area (Å²) in [5.41, 5.74) is 1.22. The fourth-order valence-corrected chi connectivity index (χ4v) is 1.84. The number of hydrogen-bond acceptors (Lipinski definition) is 1. The number of carboxylic acid groups (broad SMARTS) is 1. The Morgan fingerprint density at radius 2 is 1.84 bits per heavy atom. The van der Waals surface area contributed by atoms with Gasteiger partial charge in [0.2, 0.25) is 0 Å². The summed E-state index contributed by atoms with van der Waals surface area (Å²) in [4.78, 5) is 11.3. The van der Waals surface area contributed by atoms with Gasteiger partial charge in [-0.25, -0.2) is 9.18 Å². The molecule has 0 spiro atoms. The number of benzene rings is 2. The molecule has 0 radical (unpaired) electrons. The molecule has 0 bridgehead atoms. The van der Waals surface area contributed by atoms with E-state index in [0.29, 0.717) is 16.1 Å². The molecule has 0 aliphatic carbocycles. The number of halogens is 2. The topological polar surface area (TPSA) is 37.3 Å². The second kappa shape index (κ2) is 5.67. The summed E-state index contributed by atoms with van der Waals surface area (Å²) in [5.74, 6) is -1.43. The Hall–Kier alpha value is -2.13. The van der Waals surface area contributed by atoms with Crippen molar-refractivity contribution < 1.29 is 14.3 Å². The number of carbonyl (C=O) groups is 1. The average molecular weight is 277 g/mol. The number of carboxylic acids is 1. The standard InChI is InChI=1S/C15H10ClFO2/c16-12-3-1-2-11(9-12)14(15(18)19)8-10-4-6-13(17)7-5-10/h1-9H,(H,18,19)/b14-8+. The van der Waals surface area contributed by atoms with E-state index in [-0.39, 0.29) is 11.4 Å². The van der Waals surface area contributed by atoms with Crippen LogP contribution in [0.1, 0.15) is 11.1 Å². The smallest absolute Gasteiger partial charge is 0.336 e. The van der Waals surface area contributed by atoms with Gasteiger partial charge in [-0.15, -0.1) is 0 Å². The first kappa shape index (κ1) is 13.3. The third kappa shape index (κ3) is 3.42. The third-order valence-electron chi connectivity index (χ3n) is 2.55. The second-order valence-electron chi connectivity index (χ2n) is 3.93. The van der Waals surface area contributed by atoms with Crippen molar-refractivity contribution in [3.8, 4) is 0 Å². The molecule has 1 N–H and O–H groups in total. The number of rotatable bonds is 3. The zero-order chi connectivity index (χ0) is 13.8. The van der Waals surface area contributed by atoms with Crippen LogP contribution in [0, 0.1) is 5.82 Å². The van der Waals surface area contributed by atoms with E-state index in [1.165, 1.54) is 30.3 Å². The summed E-state index contributed by atoms with van der Waals surface area (Å²) in [7, 11) is 0. The van der Waals surface area contributed by atoms with Crippen LogP contribution in [-0.4, -0.2) is 11.1 Å². The Kier molecular flexibility index (Phi) is 3.97. The summed E-state index contributed by atoms with van der Waals surface area (Å²) in [5, 5.41) is 9.71. The molecule has 0 aliphatic heterocycles. The van der Waals surface area contributed by atoms with E-state index < -0.39 is 5.97 Å². The Bertz CT molecular complexity index is 633. The molecular formula is C15H10ClFO2. The van der Waals surface area contributed by atoms with Crippen LogP contribution in [0.15, 0.2) is 48.5 Å². The van der Waals surface area contributed by atoms with Gasteiger partial charge in [-0.3, -0.25) is 0 Å². The van der Waals surface area contributed by atoms with Gasteiger partial charge in [0.05, 0.1) is 5.57 Å². The van der Waals surface area contributed by atoms with Crippen LogP contribution in [0.3, 0.4) is 0 Å². The molecule has 2 rings (SSSR count). The maximum absolute atomic E-state index is 12.8. The highest BCUT2D eigenvalue weighted by Gasteiger charge is 2.10. The Labute approximate surface area is 114 Å². The van der Waals surface area contributed by atoms with Crippen LogP contribution >= 0.6 is 11.6 Å². The van der Waals surface area contributed by atoms with Gasteiger partial charge in [-0.05, 0) is 41.5 Å². The maximum atomic E-state index is 12.8. The lowest BCUT2D eigenvalue weighted by Gasteiger charge is -2.04. The van der Waals surface area contributed by atoms with Crippen molar-refractivity contribution in [2.24, 2.45) is 0 Å². The van der Waals surface area contributed by atoms with Gasteiger partial charge in [0.1, 0.15) is 5.82 Å². The molecule has 2 aromatic carbocycles. The van der Waals surface area contributed by atoms with Gasteiger partial charge in [0.15, 0.2) is 0 Å². The summed E-state index contributed by atoms with van der Waals surface area (Å²) in [6.07, 6.45) is 1.48. The highest BCUT2D eigenvalue weighted by atomic mass is 35.5. The molecule has 2 aromatic rings. The molecule has 0 saturated heterocycles. The van der Waals surface area contributed by atoms with E-state index in [2.05, 4.69) is 0 Å². The number of aliphatic carboxylic acids is 1. The Balaban J connectivity index is 2.46. The van der Waals surface area contributed by atoms with Gasteiger partial charge in [0.25, 0.3) is 0 Å². The lowest BCUT2D eigenvalue weighted by atomic mass is 10.0. The van der Waals surface area contributed by atoms with E-state index in [4.69, 9.17) is 11.6 Å². The van der Waals surface area contributed by atoms with Crippen LogP contribution in [-0.2, 0) is 4.79 Å². The minimum Gasteiger partial charge on any atom is -0.478 e. The van der Waals surface area contributed by atoms with Crippen molar-refractivity contribution in [2.45, 2.75) is 0 Å². The Morgan fingerprint density at radius 3 is 2.42 bits per heavy atom. The van der Waals surface area contributed by atoms with E-state index in [1.54, 1.807) is 24.3 Å². The normalized spacial score (nSPS) is 11.4. The zero-order valence-corrected chi connectivity index (χ0v) is 10.6. The molecule has 0 saturated carbocycles. The van der Waals surface area contributed by atoms with Gasteiger partial charge < -0.3 is 5.11 Å². The van der Waals surface area contributed by atoms with Crippen molar-refractivity contribution in [3.63, 3.8) is 0 Å². The molecule has 96 valence electrons. The first-order valence-electron chi connectivity index (χ1n) is 5.53. The maximum Gasteiger partial charge on any atom is 0.336 e. The van der Waals surface area contributed by atoms with Crippen LogP contribution < -0.4 is 0 Å². The van der Waals surface area contributed by atoms with Crippen molar-refractivity contribution in [2.75, 3.05) is 0 Å². The monoisotopic (exact) mass is 276 g/mol. The summed E-state index contributed by atoms with van der Waals surface area (Å²) >= 11 is 5.85. The molecule has 0 heterocycles. The van der Waals surface area contributed by atoms with Gasteiger partial charge in [0, 0.05) is 5.02 Å². The molecule has 0 aromatic heterocycles. The molecule has 0 amide bonds. The van der Waals surface area contributed by atoms with Gasteiger partial charge in [-0.1, -0.05) is 35.9 Å². The van der Waals surface area contributed by atoms with Gasteiger partial charge >= 0.3 is 5.97 Å². The van der Waals surface area contributed by atoms with Crippen LogP contribution in [0.2, 0.25) is 5.02 Å². The number of hydrogen-bond donors (Lipinski definition) is 1. The molecule has 0 fully saturated rings. The highest BCUT2D eigenvalue weighted by molar-refractivity contribution is 6.31. The molecule has 19 heavy (non-hydrogen) atoms. The summed E-state index contributed by atoms with van der Waals surface area (Å²) in [6.45, 7) is 0. The second-order valence-corrected chi connectivity index (χ2v) is 4.36. The molecular weight excluding hydrogens is 267 g/mol. The van der Waals surface area contributed by atoms with Crippen LogP contribution in [0.25, 0.3) is 11.6 Å². The minimum atomic E-state index is -1.06. The first-order chi connectivity index (χ1) is 9.06. The summed E-state index contributed by atoms with van der Waals surface area (Å²) in [6, 6.07) is 12.2. The fourth-order valence-electron chi connectivity index (χ4n) is 1.65. The lowest BCUT2D eigenvalue weighted by molar-refractivity contribution is -0.130. The third-order valence-corrected chi connectivity index (χ3v) is 2.78. The van der Waals surface area contributed by atoms with E-state index in [0.717, 1.165) is 0 Å². The largest absolute Gasteiger partial charge is 0.478 e. The van der Waals surface area contributed by atoms with Crippen LogP contribution in [0.4, 0.5) is 4.39 Å². The van der Waals surface area contributed by atoms with Crippen molar-refractivity contribution in [3.05, 3.63) is 70.5 Å². The highest BCUT2D eigenvalue weighted by Crippen LogP contribution is 2.21. The predicted molar refractivity (Wildman–Crippen MR) is 73.4 cm³/mol. The molecule has 2 nitrogen and oxygen atoms in total. The Morgan fingerprint density at radius 1 is 1.16 bits per heavy atom. The zero-order valence-electron chi connectivity index (χ0n) is 9.81. The first-order valence-corrected chi connectivity index (χ1v) is 5.90. The van der Waals surface area contributed by atoms with E-state index in [1.807, 2.05) is 0 Å². The molecule has 0 aliphatic rings.